The lowest BCUT2D eigenvalue weighted by molar-refractivity contribution is 0.168. The summed E-state index contributed by atoms with van der Waals surface area (Å²) in [4.78, 5) is 2.24. The summed E-state index contributed by atoms with van der Waals surface area (Å²) < 4.78 is 0. The third-order valence-electron chi connectivity index (χ3n) is 1.88. The van der Waals surface area contributed by atoms with Crippen molar-refractivity contribution in [3.05, 3.63) is 0 Å². The van der Waals surface area contributed by atoms with Crippen LogP contribution in [0.3, 0.4) is 0 Å². The molecule has 0 heterocycles. The van der Waals surface area contributed by atoms with Crippen LogP contribution in [-0.2, 0) is 0 Å². The Morgan fingerprint density at radius 3 is 2.00 bits per heavy atom. The van der Waals surface area contributed by atoms with Gasteiger partial charge in [0.25, 0.3) is 0 Å². The minimum absolute atomic E-state index is 0.488. The fourth-order valence-corrected chi connectivity index (χ4v) is 1.05. The Bertz CT molecular complexity index is 74.6. The van der Waals surface area contributed by atoms with Gasteiger partial charge in [-0.1, -0.05) is 0 Å². The van der Waals surface area contributed by atoms with E-state index < -0.39 is 0 Å². The van der Waals surface area contributed by atoms with Crippen LogP contribution in [-0.4, -0.2) is 31.1 Å². The highest BCUT2D eigenvalue weighted by atomic mass is 15.1. The Kier molecular flexibility index (Phi) is 1.54. The van der Waals surface area contributed by atoms with Crippen LogP contribution >= 0.6 is 0 Å². The lowest BCUT2D eigenvalue weighted by atomic mass is 9.87. The third kappa shape index (κ3) is 1.01. The average Bonchev–Trinajstić information content (AvgIpc) is 1.57. The molecule has 0 aromatic rings. The predicted molar refractivity (Wildman–Crippen MR) is 34.7 cm³/mol. The van der Waals surface area contributed by atoms with Gasteiger partial charge in [-0.05, 0) is 26.9 Å². The van der Waals surface area contributed by atoms with Crippen LogP contribution < -0.4 is 5.73 Å². The second-order valence-corrected chi connectivity index (χ2v) is 2.85. The second kappa shape index (κ2) is 2.03. The van der Waals surface area contributed by atoms with Crippen LogP contribution in [0, 0.1) is 0 Å². The van der Waals surface area contributed by atoms with E-state index in [4.69, 9.17) is 5.73 Å². The molecule has 0 aromatic carbocycles. The Hall–Kier alpha value is -0.0800. The summed E-state index contributed by atoms with van der Waals surface area (Å²) >= 11 is 0. The third-order valence-corrected chi connectivity index (χ3v) is 1.88. The van der Waals surface area contributed by atoms with Gasteiger partial charge in [-0.25, -0.2) is 0 Å². The molecule has 0 amide bonds. The Labute approximate surface area is 50.7 Å². The number of hydrogen-bond donors (Lipinski definition) is 1. The van der Waals surface area contributed by atoms with Gasteiger partial charge in [0, 0.05) is 12.1 Å². The Balaban J connectivity index is 2.15. The number of nitrogens with two attached hydrogens (primary N) is 1. The van der Waals surface area contributed by atoms with Gasteiger partial charge in [-0.15, -0.1) is 0 Å². The highest BCUT2D eigenvalue weighted by molar-refractivity contribution is 4.86. The highest BCUT2D eigenvalue weighted by Crippen LogP contribution is 2.20. The lowest BCUT2D eigenvalue weighted by Gasteiger charge is -2.37. The maximum Gasteiger partial charge on any atom is 0.0119 e. The van der Waals surface area contributed by atoms with Crippen LogP contribution in [0.4, 0.5) is 0 Å². The van der Waals surface area contributed by atoms with E-state index in [1.54, 1.807) is 0 Å². The smallest absolute Gasteiger partial charge is 0.0119 e. The van der Waals surface area contributed by atoms with Crippen molar-refractivity contribution in [3.8, 4) is 0 Å². The first kappa shape index (κ1) is 6.05. The first-order valence-electron chi connectivity index (χ1n) is 3.12. The van der Waals surface area contributed by atoms with Crippen LogP contribution in [0.25, 0.3) is 0 Å². The first-order chi connectivity index (χ1) is 3.70. The monoisotopic (exact) mass is 114 g/mol. The molecule has 2 heteroatoms. The van der Waals surface area contributed by atoms with Gasteiger partial charge in [-0.2, -0.15) is 0 Å². The van der Waals surface area contributed by atoms with E-state index >= 15 is 0 Å². The lowest BCUT2D eigenvalue weighted by Crippen LogP contribution is -2.47. The fourth-order valence-electron chi connectivity index (χ4n) is 1.05. The molecule has 0 aliphatic heterocycles. The largest absolute Gasteiger partial charge is 0.328 e. The molecule has 2 N–H and O–H groups in total. The molecule has 1 saturated carbocycles. The number of nitrogens with zero attached hydrogens (tertiary/aromatic N) is 1. The topological polar surface area (TPSA) is 29.3 Å². The Morgan fingerprint density at radius 1 is 1.38 bits per heavy atom. The summed E-state index contributed by atoms with van der Waals surface area (Å²) in [6, 6.07) is 1.26. The van der Waals surface area contributed by atoms with Gasteiger partial charge in [0.15, 0.2) is 0 Å². The van der Waals surface area contributed by atoms with Crippen LogP contribution in [0.2, 0.25) is 0 Å². The summed E-state index contributed by atoms with van der Waals surface area (Å²) in [6.07, 6.45) is 2.38. The summed E-state index contributed by atoms with van der Waals surface area (Å²) in [5.41, 5.74) is 5.58. The summed E-state index contributed by atoms with van der Waals surface area (Å²) in [5.74, 6) is 0. The van der Waals surface area contributed by atoms with Crippen molar-refractivity contribution >= 4 is 0 Å². The van der Waals surface area contributed by atoms with Gasteiger partial charge < -0.3 is 10.6 Å². The van der Waals surface area contributed by atoms with E-state index in [0.29, 0.717) is 6.04 Å². The zero-order valence-electron chi connectivity index (χ0n) is 5.59. The first-order valence-corrected chi connectivity index (χ1v) is 3.12. The standard InChI is InChI=1S/C6H14N2/c1-8(2)6-3-5(7)4-6/h5-6H,3-4,7H2,1-2H3/t5-,6-. The van der Waals surface area contributed by atoms with E-state index in [1.165, 1.54) is 12.8 Å². The van der Waals surface area contributed by atoms with Gasteiger partial charge in [0.1, 0.15) is 0 Å². The zero-order valence-corrected chi connectivity index (χ0v) is 5.59. The van der Waals surface area contributed by atoms with Crippen molar-refractivity contribution in [2.75, 3.05) is 14.1 Å². The second-order valence-electron chi connectivity index (χ2n) is 2.85. The van der Waals surface area contributed by atoms with Gasteiger partial charge >= 0.3 is 0 Å². The van der Waals surface area contributed by atoms with Crippen LogP contribution in [0.1, 0.15) is 12.8 Å². The van der Waals surface area contributed by atoms with Crippen LogP contribution in [0.5, 0.6) is 0 Å². The minimum Gasteiger partial charge on any atom is -0.328 e. The molecule has 8 heavy (non-hydrogen) atoms. The van der Waals surface area contributed by atoms with Gasteiger partial charge in [0.2, 0.25) is 0 Å². The predicted octanol–water partition coefficient (Wildman–Crippen LogP) is 0.0377. The molecule has 0 saturated heterocycles. The molecule has 0 bridgehead atoms. The fraction of sp³-hybridized carbons (Fsp3) is 1.00. The summed E-state index contributed by atoms with van der Waals surface area (Å²) in [7, 11) is 4.22. The molecule has 0 radical (unpaired) electrons. The normalized spacial score (nSPS) is 37.5. The van der Waals surface area contributed by atoms with Crippen molar-refractivity contribution in [1.82, 2.24) is 4.90 Å². The quantitative estimate of drug-likeness (QED) is 0.521. The molecular formula is C6H14N2. The maximum atomic E-state index is 5.58. The molecule has 0 unspecified atom stereocenters. The van der Waals surface area contributed by atoms with Crippen LogP contribution in [0.15, 0.2) is 0 Å². The molecule has 1 aliphatic carbocycles. The van der Waals surface area contributed by atoms with E-state index in [2.05, 4.69) is 19.0 Å². The van der Waals surface area contributed by atoms with E-state index in [0.717, 1.165) is 6.04 Å². The molecule has 0 spiro atoms. The SMILES string of the molecule is CN(C)[C@H]1C[C@H](N)C1. The van der Waals surface area contributed by atoms with Crippen molar-refractivity contribution in [3.63, 3.8) is 0 Å². The van der Waals surface area contributed by atoms with Crippen molar-refractivity contribution < 1.29 is 0 Å². The van der Waals surface area contributed by atoms with Crippen molar-refractivity contribution in [2.45, 2.75) is 24.9 Å². The van der Waals surface area contributed by atoms with E-state index in [1.807, 2.05) is 0 Å². The van der Waals surface area contributed by atoms with Crippen molar-refractivity contribution in [2.24, 2.45) is 5.73 Å². The number of rotatable bonds is 1. The Morgan fingerprint density at radius 2 is 1.88 bits per heavy atom. The maximum absolute atomic E-state index is 5.58. The molecule has 0 atom stereocenters. The molecule has 0 aromatic heterocycles. The molecule has 2 nitrogen and oxygen atoms in total. The average molecular weight is 114 g/mol. The molecule has 1 rings (SSSR count). The zero-order chi connectivity index (χ0) is 6.15. The summed E-state index contributed by atoms with van der Waals surface area (Å²) in [5, 5.41) is 0. The molecule has 1 aliphatic rings. The van der Waals surface area contributed by atoms with Gasteiger partial charge in [-0.3, -0.25) is 0 Å². The number of hydrogen-bond acceptors (Lipinski definition) is 2. The van der Waals surface area contributed by atoms with Gasteiger partial charge in [0.05, 0.1) is 0 Å². The van der Waals surface area contributed by atoms with E-state index in [9.17, 15) is 0 Å². The molecule has 1 fully saturated rings. The highest BCUT2D eigenvalue weighted by Gasteiger charge is 2.26. The molecular weight excluding hydrogens is 100 g/mol. The summed E-state index contributed by atoms with van der Waals surface area (Å²) in [6.45, 7) is 0. The minimum atomic E-state index is 0.488. The van der Waals surface area contributed by atoms with E-state index in [-0.39, 0.29) is 0 Å². The molecule has 48 valence electrons. The van der Waals surface area contributed by atoms with Crippen molar-refractivity contribution in [1.29, 1.82) is 0 Å².